The number of aryl methyl sites for hydroxylation is 1. The molecule has 0 radical (unpaired) electrons. The molecule has 0 aromatic heterocycles. The number of hydrogen-bond acceptors (Lipinski definition) is 4. The maximum Gasteiger partial charge on any atom is 0.253 e. The molecule has 6 heteroatoms. The van der Waals surface area contributed by atoms with Crippen molar-refractivity contribution in [3.63, 3.8) is 0 Å². The van der Waals surface area contributed by atoms with Gasteiger partial charge in [0.1, 0.15) is 11.5 Å². The first-order chi connectivity index (χ1) is 14.5. The Morgan fingerprint density at radius 3 is 2.37 bits per heavy atom. The van der Waals surface area contributed by atoms with Crippen molar-refractivity contribution in [2.75, 3.05) is 32.6 Å². The lowest BCUT2D eigenvalue weighted by molar-refractivity contribution is -0.116. The highest BCUT2D eigenvalue weighted by atomic mass is 16.5. The van der Waals surface area contributed by atoms with Crippen molar-refractivity contribution in [3.05, 3.63) is 53.6 Å². The van der Waals surface area contributed by atoms with Gasteiger partial charge < -0.3 is 19.7 Å². The summed E-state index contributed by atoms with van der Waals surface area (Å²) in [5.74, 6) is 1.77. The summed E-state index contributed by atoms with van der Waals surface area (Å²) in [6.07, 6.45) is 3.12. The quantitative estimate of drug-likeness (QED) is 0.740. The topological polar surface area (TPSA) is 67.9 Å². The SMILES string of the molecule is COc1ccc(NC(=O)CCC2CCN(C(=O)c3ccc(C)cc3)CC2)c(OC)c1. The molecule has 1 aliphatic heterocycles. The number of nitrogens with one attached hydrogen (secondary N) is 1. The van der Waals surface area contributed by atoms with Gasteiger partial charge in [-0.2, -0.15) is 0 Å². The predicted molar refractivity (Wildman–Crippen MR) is 117 cm³/mol. The third-order valence-electron chi connectivity index (χ3n) is 5.66. The van der Waals surface area contributed by atoms with Crippen molar-refractivity contribution in [1.29, 1.82) is 0 Å². The number of carbonyl (C=O) groups excluding carboxylic acids is 2. The fourth-order valence-electron chi connectivity index (χ4n) is 3.75. The Bertz CT molecular complexity index is 871. The first-order valence-corrected chi connectivity index (χ1v) is 10.4. The van der Waals surface area contributed by atoms with Gasteiger partial charge in [-0.1, -0.05) is 17.7 Å². The Morgan fingerprint density at radius 1 is 1.03 bits per heavy atom. The Kier molecular flexibility index (Phi) is 7.33. The summed E-state index contributed by atoms with van der Waals surface area (Å²) in [7, 11) is 3.16. The van der Waals surface area contributed by atoms with Crippen LogP contribution in [0.15, 0.2) is 42.5 Å². The van der Waals surface area contributed by atoms with Gasteiger partial charge in [0.25, 0.3) is 5.91 Å². The summed E-state index contributed by atoms with van der Waals surface area (Å²) in [4.78, 5) is 27.0. The van der Waals surface area contributed by atoms with E-state index in [1.54, 1.807) is 32.4 Å². The predicted octanol–water partition coefficient (Wildman–Crippen LogP) is 4.28. The van der Waals surface area contributed by atoms with Crippen LogP contribution in [-0.2, 0) is 4.79 Å². The fraction of sp³-hybridized carbons (Fsp3) is 0.417. The molecule has 0 unspecified atom stereocenters. The van der Waals surface area contributed by atoms with Gasteiger partial charge in [0, 0.05) is 31.1 Å². The first kappa shape index (κ1) is 21.7. The number of anilines is 1. The number of hydrogen-bond donors (Lipinski definition) is 1. The highest BCUT2D eigenvalue weighted by Gasteiger charge is 2.24. The van der Waals surface area contributed by atoms with Crippen LogP contribution in [0.4, 0.5) is 5.69 Å². The van der Waals surface area contributed by atoms with Crippen LogP contribution in [0.2, 0.25) is 0 Å². The van der Waals surface area contributed by atoms with Crippen molar-refractivity contribution >= 4 is 17.5 Å². The van der Waals surface area contributed by atoms with Crippen molar-refractivity contribution in [3.8, 4) is 11.5 Å². The number of carbonyl (C=O) groups is 2. The van der Waals surface area contributed by atoms with E-state index in [4.69, 9.17) is 9.47 Å². The molecule has 3 rings (SSSR count). The first-order valence-electron chi connectivity index (χ1n) is 10.4. The third-order valence-corrected chi connectivity index (χ3v) is 5.66. The highest BCUT2D eigenvalue weighted by Crippen LogP contribution is 2.29. The lowest BCUT2D eigenvalue weighted by Crippen LogP contribution is -2.38. The van der Waals surface area contributed by atoms with Gasteiger partial charge in [-0.25, -0.2) is 0 Å². The van der Waals surface area contributed by atoms with Gasteiger partial charge in [0.05, 0.1) is 19.9 Å². The molecule has 1 heterocycles. The summed E-state index contributed by atoms with van der Waals surface area (Å²) >= 11 is 0. The molecule has 0 bridgehead atoms. The van der Waals surface area contributed by atoms with Crippen molar-refractivity contribution in [1.82, 2.24) is 4.90 Å². The van der Waals surface area contributed by atoms with Crippen LogP contribution in [0.25, 0.3) is 0 Å². The molecule has 30 heavy (non-hydrogen) atoms. The summed E-state index contributed by atoms with van der Waals surface area (Å²) in [5, 5.41) is 2.92. The maximum atomic E-state index is 12.6. The monoisotopic (exact) mass is 410 g/mol. The van der Waals surface area contributed by atoms with E-state index in [0.29, 0.717) is 29.5 Å². The second kappa shape index (κ2) is 10.1. The molecule has 0 aliphatic carbocycles. The number of likely N-dealkylation sites (tertiary alicyclic amines) is 1. The van der Waals surface area contributed by atoms with Gasteiger partial charge in [0.2, 0.25) is 5.91 Å². The Labute approximate surface area is 178 Å². The smallest absolute Gasteiger partial charge is 0.253 e. The Balaban J connectivity index is 1.45. The van der Waals surface area contributed by atoms with Gasteiger partial charge in [-0.05, 0) is 56.4 Å². The van der Waals surface area contributed by atoms with E-state index in [-0.39, 0.29) is 11.8 Å². The minimum atomic E-state index is -0.0309. The molecule has 160 valence electrons. The molecule has 1 saturated heterocycles. The van der Waals surface area contributed by atoms with Crippen LogP contribution < -0.4 is 14.8 Å². The molecule has 2 aromatic rings. The van der Waals surface area contributed by atoms with Gasteiger partial charge in [-0.15, -0.1) is 0 Å². The van der Waals surface area contributed by atoms with Crippen LogP contribution in [0.1, 0.15) is 41.6 Å². The van der Waals surface area contributed by atoms with E-state index >= 15 is 0 Å². The van der Waals surface area contributed by atoms with E-state index < -0.39 is 0 Å². The molecule has 1 fully saturated rings. The minimum Gasteiger partial charge on any atom is -0.497 e. The molecule has 2 aromatic carbocycles. The molecule has 0 saturated carbocycles. The lowest BCUT2D eigenvalue weighted by Gasteiger charge is -2.32. The van der Waals surface area contributed by atoms with E-state index in [2.05, 4.69) is 5.32 Å². The van der Waals surface area contributed by atoms with Crippen LogP contribution in [0, 0.1) is 12.8 Å². The largest absolute Gasteiger partial charge is 0.497 e. The number of methoxy groups -OCH3 is 2. The Morgan fingerprint density at radius 2 is 1.73 bits per heavy atom. The molecule has 0 spiro atoms. The fourth-order valence-corrected chi connectivity index (χ4v) is 3.75. The minimum absolute atomic E-state index is 0.0309. The van der Waals surface area contributed by atoms with Crippen LogP contribution in [0.5, 0.6) is 11.5 Å². The summed E-state index contributed by atoms with van der Waals surface area (Å²) in [6.45, 7) is 3.50. The number of amides is 2. The van der Waals surface area contributed by atoms with Crippen molar-refractivity contribution in [2.24, 2.45) is 5.92 Å². The van der Waals surface area contributed by atoms with E-state index in [1.165, 1.54) is 0 Å². The number of piperidine rings is 1. The molecule has 1 N–H and O–H groups in total. The molecule has 6 nitrogen and oxygen atoms in total. The number of nitrogens with zero attached hydrogens (tertiary/aromatic N) is 1. The average Bonchev–Trinajstić information content (AvgIpc) is 2.78. The second-order valence-electron chi connectivity index (χ2n) is 7.75. The number of benzene rings is 2. The summed E-state index contributed by atoms with van der Waals surface area (Å²) in [5.41, 5.74) is 2.53. The molecular formula is C24H30N2O4. The standard InChI is InChI=1S/C24H30N2O4/c1-17-4-7-19(8-5-17)24(28)26-14-12-18(13-15-26)6-11-23(27)25-21-10-9-20(29-2)16-22(21)30-3/h4-5,7-10,16,18H,6,11-15H2,1-3H3,(H,25,27). The maximum absolute atomic E-state index is 12.6. The zero-order valence-electron chi connectivity index (χ0n) is 17.9. The van der Waals surface area contributed by atoms with Crippen LogP contribution in [0.3, 0.4) is 0 Å². The Hall–Kier alpha value is -3.02. The number of rotatable bonds is 7. The van der Waals surface area contributed by atoms with E-state index in [1.807, 2.05) is 36.1 Å². The average molecular weight is 411 g/mol. The third kappa shape index (κ3) is 5.53. The molecular weight excluding hydrogens is 380 g/mol. The lowest BCUT2D eigenvalue weighted by atomic mass is 9.91. The molecule has 2 amide bonds. The summed E-state index contributed by atoms with van der Waals surface area (Å²) in [6, 6.07) is 13.0. The van der Waals surface area contributed by atoms with Gasteiger partial charge >= 0.3 is 0 Å². The number of ether oxygens (including phenoxy) is 2. The van der Waals surface area contributed by atoms with E-state index in [9.17, 15) is 9.59 Å². The van der Waals surface area contributed by atoms with Crippen molar-refractivity contribution < 1.29 is 19.1 Å². The zero-order chi connectivity index (χ0) is 21.5. The van der Waals surface area contributed by atoms with Crippen molar-refractivity contribution in [2.45, 2.75) is 32.6 Å². The van der Waals surface area contributed by atoms with Crippen LogP contribution in [-0.4, -0.2) is 44.0 Å². The summed E-state index contributed by atoms with van der Waals surface area (Å²) < 4.78 is 10.5. The second-order valence-corrected chi connectivity index (χ2v) is 7.75. The molecule has 1 aliphatic rings. The van der Waals surface area contributed by atoms with E-state index in [0.717, 1.165) is 43.5 Å². The van der Waals surface area contributed by atoms with Gasteiger partial charge in [0.15, 0.2) is 0 Å². The highest BCUT2D eigenvalue weighted by molar-refractivity contribution is 5.94. The molecule has 0 atom stereocenters. The van der Waals surface area contributed by atoms with Gasteiger partial charge in [-0.3, -0.25) is 9.59 Å². The zero-order valence-corrected chi connectivity index (χ0v) is 17.9. The van der Waals surface area contributed by atoms with Crippen LogP contribution >= 0.6 is 0 Å². The normalized spacial score (nSPS) is 14.3.